The predicted molar refractivity (Wildman–Crippen MR) is 103 cm³/mol. The molecular formula is C19H28N4O3S. The molecule has 0 saturated carbocycles. The van der Waals surface area contributed by atoms with Gasteiger partial charge in [-0.3, -0.25) is 4.79 Å². The average Bonchev–Trinajstić information content (AvgIpc) is 3.22. The molecule has 1 amide bonds. The van der Waals surface area contributed by atoms with Gasteiger partial charge in [-0.15, -0.1) is 0 Å². The van der Waals surface area contributed by atoms with Crippen LogP contribution < -0.4 is 10.2 Å². The molecule has 2 atom stereocenters. The monoisotopic (exact) mass is 392 g/mol. The molecule has 2 fully saturated rings. The summed E-state index contributed by atoms with van der Waals surface area (Å²) < 4.78 is 23.4. The van der Waals surface area contributed by atoms with Crippen LogP contribution in [0.25, 0.3) is 0 Å². The zero-order valence-electron chi connectivity index (χ0n) is 16.1. The van der Waals surface area contributed by atoms with Crippen LogP contribution in [-0.2, 0) is 21.1 Å². The molecule has 8 heteroatoms. The lowest BCUT2D eigenvalue weighted by Crippen LogP contribution is -2.40. The molecule has 7 nitrogen and oxygen atoms in total. The fraction of sp³-hybridized carbons (Fsp3) is 0.737. The first-order chi connectivity index (χ1) is 12.7. The number of amides is 1. The van der Waals surface area contributed by atoms with Crippen molar-refractivity contribution in [2.75, 3.05) is 29.5 Å². The molecule has 0 aromatic carbocycles. The summed E-state index contributed by atoms with van der Waals surface area (Å²) in [5.74, 6) is 0.268. The van der Waals surface area contributed by atoms with Gasteiger partial charge in [-0.1, -0.05) is 13.8 Å². The zero-order valence-corrected chi connectivity index (χ0v) is 16.9. The van der Waals surface area contributed by atoms with Crippen LogP contribution in [0.1, 0.15) is 56.8 Å². The lowest BCUT2D eigenvalue weighted by molar-refractivity contribution is -0.125. The Labute approximate surface area is 160 Å². The van der Waals surface area contributed by atoms with Crippen LogP contribution in [0.3, 0.4) is 0 Å². The van der Waals surface area contributed by atoms with E-state index in [-0.39, 0.29) is 28.9 Å². The quantitative estimate of drug-likeness (QED) is 0.841. The van der Waals surface area contributed by atoms with Crippen molar-refractivity contribution >= 4 is 21.7 Å². The van der Waals surface area contributed by atoms with Gasteiger partial charge in [-0.2, -0.15) is 0 Å². The molecule has 4 rings (SSSR count). The maximum Gasteiger partial charge on any atom is 0.225 e. The minimum atomic E-state index is -3.07. The van der Waals surface area contributed by atoms with Gasteiger partial charge in [0.05, 0.1) is 29.2 Å². The summed E-state index contributed by atoms with van der Waals surface area (Å²) in [6.07, 6.45) is 6.29. The Morgan fingerprint density at radius 1 is 1.30 bits per heavy atom. The number of rotatable bonds is 3. The number of hydrogen-bond acceptors (Lipinski definition) is 6. The Morgan fingerprint density at radius 2 is 2.04 bits per heavy atom. The molecule has 2 unspecified atom stereocenters. The van der Waals surface area contributed by atoms with Gasteiger partial charge in [0.15, 0.2) is 9.84 Å². The summed E-state index contributed by atoms with van der Waals surface area (Å²) in [7, 11) is -3.07. The van der Waals surface area contributed by atoms with Crippen molar-refractivity contribution < 1.29 is 13.2 Å². The van der Waals surface area contributed by atoms with Crippen molar-refractivity contribution in [1.82, 2.24) is 15.3 Å². The van der Waals surface area contributed by atoms with Crippen molar-refractivity contribution in [2.24, 2.45) is 11.3 Å². The van der Waals surface area contributed by atoms with E-state index < -0.39 is 15.8 Å². The summed E-state index contributed by atoms with van der Waals surface area (Å²) in [5.41, 5.74) is 2.00. The maximum absolute atomic E-state index is 12.7. The van der Waals surface area contributed by atoms with E-state index in [1.165, 1.54) is 12.8 Å². The normalized spacial score (nSPS) is 28.7. The highest BCUT2D eigenvalue weighted by Crippen LogP contribution is 2.40. The molecule has 3 heterocycles. The Hall–Kier alpha value is -1.70. The molecule has 1 N–H and O–H groups in total. The summed E-state index contributed by atoms with van der Waals surface area (Å²) >= 11 is 0. The van der Waals surface area contributed by atoms with E-state index >= 15 is 0 Å². The number of nitrogens with zero attached hydrogens (tertiary/aromatic N) is 3. The summed E-state index contributed by atoms with van der Waals surface area (Å²) in [6, 6.07) is -0.160. The number of anilines is 1. The third kappa shape index (κ3) is 3.95. The van der Waals surface area contributed by atoms with Crippen LogP contribution in [-0.4, -0.2) is 48.9 Å². The molecule has 0 bridgehead atoms. The van der Waals surface area contributed by atoms with Gasteiger partial charge in [0, 0.05) is 24.8 Å². The lowest BCUT2D eigenvalue weighted by Gasteiger charge is -2.37. The molecule has 1 aliphatic carbocycles. The van der Waals surface area contributed by atoms with Crippen LogP contribution in [0.4, 0.5) is 5.95 Å². The third-order valence-corrected chi connectivity index (χ3v) is 7.74. The smallest absolute Gasteiger partial charge is 0.225 e. The van der Waals surface area contributed by atoms with Gasteiger partial charge >= 0.3 is 0 Å². The molecule has 2 saturated heterocycles. The van der Waals surface area contributed by atoms with E-state index in [1.807, 2.05) is 6.20 Å². The Morgan fingerprint density at radius 3 is 2.70 bits per heavy atom. The number of aromatic nitrogens is 2. The summed E-state index contributed by atoms with van der Waals surface area (Å²) in [6.45, 7) is 6.37. The SMILES string of the molecule is CC1(C)Cc2nc(N3CCCC3)ncc2C(NC(=O)C2CCS(=O)(=O)C2)C1. The van der Waals surface area contributed by atoms with Crippen LogP contribution >= 0.6 is 0 Å². The first-order valence-corrected chi connectivity index (χ1v) is 11.7. The largest absolute Gasteiger partial charge is 0.349 e. The van der Waals surface area contributed by atoms with Crippen LogP contribution in [0.2, 0.25) is 0 Å². The Bertz CT molecular complexity index is 847. The van der Waals surface area contributed by atoms with E-state index in [0.717, 1.165) is 43.1 Å². The number of fused-ring (bicyclic) bond motifs is 1. The summed E-state index contributed by atoms with van der Waals surface area (Å²) in [5, 5.41) is 3.10. The maximum atomic E-state index is 12.7. The van der Waals surface area contributed by atoms with Gasteiger partial charge in [0.25, 0.3) is 0 Å². The number of hydrogen-bond donors (Lipinski definition) is 1. The van der Waals surface area contributed by atoms with E-state index in [0.29, 0.717) is 6.42 Å². The van der Waals surface area contributed by atoms with Crippen molar-refractivity contribution in [1.29, 1.82) is 0 Å². The number of sulfone groups is 1. The number of carbonyl (C=O) groups is 1. The highest BCUT2D eigenvalue weighted by molar-refractivity contribution is 7.91. The first kappa shape index (κ1) is 18.7. The zero-order chi connectivity index (χ0) is 19.2. The molecule has 0 radical (unpaired) electrons. The van der Waals surface area contributed by atoms with Crippen molar-refractivity contribution in [3.8, 4) is 0 Å². The number of nitrogens with one attached hydrogen (secondary N) is 1. The Balaban J connectivity index is 1.56. The van der Waals surface area contributed by atoms with E-state index in [9.17, 15) is 13.2 Å². The van der Waals surface area contributed by atoms with Gasteiger partial charge in [-0.25, -0.2) is 18.4 Å². The van der Waals surface area contributed by atoms with Crippen LogP contribution in [0, 0.1) is 11.3 Å². The van der Waals surface area contributed by atoms with E-state index in [1.54, 1.807) is 0 Å². The van der Waals surface area contributed by atoms with Gasteiger partial charge in [0.2, 0.25) is 11.9 Å². The van der Waals surface area contributed by atoms with Gasteiger partial charge < -0.3 is 10.2 Å². The predicted octanol–water partition coefficient (Wildman–Crippen LogP) is 1.64. The van der Waals surface area contributed by atoms with E-state index in [2.05, 4.69) is 29.0 Å². The second-order valence-corrected chi connectivity index (χ2v) is 11.2. The molecule has 1 aromatic rings. The fourth-order valence-electron chi connectivity index (χ4n) is 4.53. The molecule has 2 aliphatic heterocycles. The fourth-order valence-corrected chi connectivity index (χ4v) is 6.27. The van der Waals surface area contributed by atoms with Crippen molar-refractivity contribution in [3.63, 3.8) is 0 Å². The summed E-state index contributed by atoms with van der Waals surface area (Å²) in [4.78, 5) is 24.3. The van der Waals surface area contributed by atoms with Crippen molar-refractivity contribution in [3.05, 3.63) is 17.5 Å². The highest BCUT2D eigenvalue weighted by Gasteiger charge is 2.38. The number of carbonyl (C=O) groups excluding carboxylic acids is 1. The second-order valence-electron chi connectivity index (χ2n) is 8.97. The first-order valence-electron chi connectivity index (χ1n) is 9.84. The van der Waals surface area contributed by atoms with E-state index in [4.69, 9.17) is 4.98 Å². The third-order valence-electron chi connectivity index (χ3n) is 5.97. The molecular weight excluding hydrogens is 364 g/mol. The molecule has 0 spiro atoms. The molecule has 27 heavy (non-hydrogen) atoms. The lowest BCUT2D eigenvalue weighted by atomic mass is 9.74. The topological polar surface area (TPSA) is 92.3 Å². The van der Waals surface area contributed by atoms with Crippen LogP contribution in [0.15, 0.2) is 6.20 Å². The highest BCUT2D eigenvalue weighted by atomic mass is 32.2. The molecule has 3 aliphatic rings. The van der Waals surface area contributed by atoms with Gasteiger partial charge in [0.1, 0.15) is 0 Å². The molecule has 148 valence electrons. The standard InChI is InChI=1S/C19H28N4O3S/c1-19(2)9-15(21-17(24)13-5-8-27(25,26)12-13)14-11-20-18(22-16(14)10-19)23-6-3-4-7-23/h11,13,15H,3-10,12H2,1-2H3,(H,21,24). The van der Waals surface area contributed by atoms with Crippen LogP contribution in [0.5, 0.6) is 0 Å². The minimum Gasteiger partial charge on any atom is -0.349 e. The minimum absolute atomic E-state index is 0.0172. The van der Waals surface area contributed by atoms with Gasteiger partial charge in [-0.05, 0) is 37.5 Å². The Kier molecular flexibility index (Phi) is 4.64. The van der Waals surface area contributed by atoms with Crippen molar-refractivity contribution in [2.45, 2.75) is 52.0 Å². The average molecular weight is 393 g/mol. The second kappa shape index (κ2) is 6.72. The molecule has 1 aromatic heterocycles.